The lowest BCUT2D eigenvalue weighted by atomic mass is 9.81. The average molecular weight is 469 g/mol. The highest BCUT2D eigenvalue weighted by atomic mass is 19.1. The second kappa shape index (κ2) is 10.3. The number of ether oxygens (including phenoxy) is 1. The number of hydrogen-bond donors (Lipinski definition) is 2. The van der Waals surface area contributed by atoms with Crippen molar-refractivity contribution in [1.29, 1.82) is 0 Å². The van der Waals surface area contributed by atoms with Gasteiger partial charge in [-0.15, -0.1) is 0 Å². The number of β-amino-alcohol motifs (C(OH)–C–C–N with tert-alkyl or cyclic N) is 1. The number of likely N-dealkylation sites (tertiary alicyclic amines) is 2. The number of hydrogen-bond acceptors (Lipinski definition) is 5. The highest BCUT2D eigenvalue weighted by Gasteiger charge is 2.39. The molecule has 0 spiro atoms. The topological polar surface area (TPSA) is 56.2 Å². The fourth-order valence-corrected chi connectivity index (χ4v) is 5.44. The minimum absolute atomic E-state index is 0.344. The van der Waals surface area contributed by atoms with Gasteiger partial charge >= 0.3 is 0 Å². The number of aliphatic hydroxyl groups excluding tert-OH is 2. The summed E-state index contributed by atoms with van der Waals surface area (Å²) in [5.41, 5.74) is 2.13. The number of halogens is 1. The van der Waals surface area contributed by atoms with Crippen molar-refractivity contribution in [3.8, 4) is 16.9 Å². The molecule has 2 heterocycles. The van der Waals surface area contributed by atoms with Crippen LogP contribution >= 0.6 is 0 Å². The van der Waals surface area contributed by atoms with E-state index < -0.39 is 11.9 Å². The molecule has 2 atom stereocenters. The molecular formula is C28H37FN2O3. The van der Waals surface area contributed by atoms with Crippen LogP contribution in [0.4, 0.5) is 4.39 Å². The van der Waals surface area contributed by atoms with Crippen molar-refractivity contribution in [1.82, 2.24) is 9.80 Å². The van der Waals surface area contributed by atoms with E-state index in [-0.39, 0.29) is 6.10 Å². The van der Waals surface area contributed by atoms with Crippen LogP contribution in [-0.4, -0.2) is 71.1 Å². The first-order valence-corrected chi connectivity index (χ1v) is 12.8. The van der Waals surface area contributed by atoms with E-state index in [0.717, 1.165) is 67.6 Å². The van der Waals surface area contributed by atoms with Crippen LogP contribution in [0, 0.1) is 5.92 Å². The fraction of sp³-hybridized carbons (Fsp3) is 0.571. The Labute approximate surface area is 202 Å². The van der Waals surface area contributed by atoms with E-state index in [1.165, 1.54) is 0 Å². The van der Waals surface area contributed by atoms with Crippen molar-refractivity contribution in [3.63, 3.8) is 0 Å². The molecule has 2 aromatic rings. The van der Waals surface area contributed by atoms with Crippen molar-refractivity contribution < 1.29 is 19.3 Å². The second-order valence-electron chi connectivity index (χ2n) is 10.5. The third kappa shape index (κ3) is 5.62. The molecule has 5 nitrogen and oxygen atoms in total. The zero-order valence-electron chi connectivity index (χ0n) is 19.9. The monoisotopic (exact) mass is 468 g/mol. The minimum Gasteiger partial charge on any atom is -0.493 e. The van der Waals surface area contributed by atoms with Gasteiger partial charge in [-0.25, -0.2) is 4.39 Å². The molecule has 2 aromatic carbocycles. The van der Waals surface area contributed by atoms with E-state index in [4.69, 9.17) is 4.74 Å². The van der Waals surface area contributed by atoms with Gasteiger partial charge in [0.25, 0.3) is 0 Å². The summed E-state index contributed by atoms with van der Waals surface area (Å²) in [6, 6.07) is 16.1. The van der Waals surface area contributed by atoms with Gasteiger partial charge in [-0.1, -0.05) is 36.4 Å². The molecule has 6 heteroatoms. The Bertz CT molecular complexity index is 924. The summed E-state index contributed by atoms with van der Waals surface area (Å²) in [4.78, 5) is 4.20. The summed E-state index contributed by atoms with van der Waals surface area (Å²) in [7, 11) is 0. The van der Waals surface area contributed by atoms with Gasteiger partial charge in [0, 0.05) is 19.6 Å². The first kappa shape index (κ1) is 23.7. The lowest BCUT2D eigenvalue weighted by molar-refractivity contribution is 0.00740. The molecular weight excluding hydrogens is 431 g/mol. The SMILES string of the molecule is O[C@H]1CCN([C@H](O)c2ccc(-c3ccc(OCC4CCN(CC5(F)CCC5)CC4)cc3)cc2)C1. The summed E-state index contributed by atoms with van der Waals surface area (Å²) < 4.78 is 20.4. The molecule has 2 saturated heterocycles. The van der Waals surface area contributed by atoms with Crippen LogP contribution in [0.1, 0.15) is 50.3 Å². The van der Waals surface area contributed by atoms with E-state index in [0.29, 0.717) is 38.6 Å². The Morgan fingerprint density at radius 3 is 2.15 bits per heavy atom. The summed E-state index contributed by atoms with van der Waals surface area (Å²) in [5.74, 6) is 1.41. The fourth-order valence-electron chi connectivity index (χ4n) is 5.44. The van der Waals surface area contributed by atoms with Crippen LogP contribution in [0.2, 0.25) is 0 Å². The van der Waals surface area contributed by atoms with Crippen LogP contribution < -0.4 is 4.74 Å². The van der Waals surface area contributed by atoms with E-state index in [9.17, 15) is 14.6 Å². The lowest BCUT2D eigenvalue weighted by Gasteiger charge is -2.41. The molecule has 0 unspecified atom stereocenters. The zero-order chi connectivity index (χ0) is 23.5. The molecule has 0 bridgehead atoms. The van der Waals surface area contributed by atoms with E-state index in [1.807, 2.05) is 41.3 Å². The highest BCUT2D eigenvalue weighted by molar-refractivity contribution is 5.64. The maximum atomic E-state index is 14.4. The Hall–Kier alpha value is -1.99. The van der Waals surface area contributed by atoms with Gasteiger partial charge in [-0.3, -0.25) is 4.90 Å². The maximum absolute atomic E-state index is 14.4. The molecule has 1 aliphatic carbocycles. The summed E-state index contributed by atoms with van der Waals surface area (Å²) in [6.07, 6.45) is 4.35. The van der Waals surface area contributed by atoms with Crippen molar-refractivity contribution in [2.24, 2.45) is 5.92 Å². The normalized spacial score (nSPS) is 24.6. The van der Waals surface area contributed by atoms with Crippen LogP contribution in [0.15, 0.2) is 48.5 Å². The minimum atomic E-state index is -0.914. The zero-order valence-corrected chi connectivity index (χ0v) is 19.9. The number of aliphatic hydroxyl groups is 2. The van der Waals surface area contributed by atoms with Crippen LogP contribution in [0.3, 0.4) is 0 Å². The Kier molecular flexibility index (Phi) is 7.21. The number of alkyl halides is 1. The predicted octanol–water partition coefficient (Wildman–Crippen LogP) is 4.39. The summed E-state index contributed by atoms with van der Waals surface area (Å²) in [6.45, 7) is 4.50. The second-order valence-corrected chi connectivity index (χ2v) is 10.5. The van der Waals surface area contributed by atoms with E-state index in [1.54, 1.807) is 0 Å². The number of piperidine rings is 1. The lowest BCUT2D eigenvalue weighted by Crippen LogP contribution is -2.47. The van der Waals surface area contributed by atoms with Crippen LogP contribution in [0.25, 0.3) is 11.1 Å². The molecule has 2 aliphatic heterocycles. The summed E-state index contributed by atoms with van der Waals surface area (Å²) >= 11 is 0. The first-order chi connectivity index (χ1) is 16.5. The van der Waals surface area contributed by atoms with Gasteiger partial charge in [0.2, 0.25) is 0 Å². The van der Waals surface area contributed by atoms with Crippen LogP contribution in [0.5, 0.6) is 5.75 Å². The van der Waals surface area contributed by atoms with Crippen molar-refractivity contribution >= 4 is 0 Å². The molecule has 0 radical (unpaired) electrons. The average Bonchev–Trinajstić information content (AvgIpc) is 3.29. The highest BCUT2D eigenvalue weighted by Crippen LogP contribution is 2.37. The van der Waals surface area contributed by atoms with Gasteiger partial charge in [0.1, 0.15) is 17.6 Å². The van der Waals surface area contributed by atoms with Gasteiger partial charge in [0.05, 0.1) is 12.7 Å². The van der Waals surface area contributed by atoms with E-state index >= 15 is 0 Å². The number of nitrogens with zero attached hydrogens (tertiary/aromatic N) is 2. The predicted molar refractivity (Wildman–Crippen MR) is 131 cm³/mol. The molecule has 3 aliphatic rings. The number of rotatable bonds is 8. The Morgan fingerprint density at radius 2 is 1.59 bits per heavy atom. The van der Waals surface area contributed by atoms with Gasteiger partial charge in [-0.2, -0.15) is 0 Å². The van der Waals surface area contributed by atoms with Crippen molar-refractivity contribution in [2.75, 3.05) is 39.3 Å². The molecule has 2 N–H and O–H groups in total. The van der Waals surface area contributed by atoms with E-state index in [2.05, 4.69) is 17.0 Å². The third-order valence-corrected chi connectivity index (χ3v) is 7.89. The first-order valence-electron chi connectivity index (χ1n) is 12.8. The Balaban J connectivity index is 1.08. The van der Waals surface area contributed by atoms with Gasteiger partial charge in [0.15, 0.2) is 0 Å². The Morgan fingerprint density at radius 1 is 0.941 bits per heavy atom. The standard InChI is InChI=1S/C28H37FN2O3/c29-28(13-1-14-28)20-30-15-10-21(11-16-30)19-34-26-8-6-23(7-9-26)22-2-4-24(5-3-22)27(33)31-17-12-25(32)18-31/h2-9,21,25,27,32-33H,1,10-20H2/t25-,27+/m0/s1. The molecule has 0 aromatic heterocycles. The molecule has 0 amide bonds. The summed E-state index contributed by atoms with van der Waals surface area (Å²) in [5, 5.41) is 20.3. The number of benzene rings is 2. The smallest absolute Gasteiger partial charge is 0.133 e. The van der Waals surface area contributed by atoms with Gasteiger partial charge in [-0.05, 0) is 86.4 Å². The molecule has 184 valence electrons. The van der Waals surface area contributed by atoms with Gasteiger partial charge < -0.3 is 19.8 Å². The quantitative estimate of drug-likeness (QED) is 0.602. The van der Waals surface area contributed by atoms with Crippen molar-refractivity contribution in [2.45, 2.75) is 56.5 Å². The molecule has 5 rings (SSSR count). The molecule has 3 fully saturated rings. The maximum Gasteiger partial charge on any atom is 0.133 e. The largest absolute Gasteiger partial charge is 0.493 e. The van der Waals surface area contributed by atoms with Crippen molar-refractivity contribution in [3.05, 3.63) is 54.1 Å². The molecule has 34 heavy (non-hydrogen) atoms. The van der Waals surface area contributed by atoms with Crippen LogP contribution in [-0.2, 0) is 0 Å². The molecule has 1 saturated carbocycles. The third-order valence-electron chi connectivity index (χ3n) is 7.89.